The van der Waals surface area contributed by atoms with Gasteiger partial charge in [0.15, 0.2) is 0 Å². The van der Waals surface area contributed by atoms with Gasteiger partial charge in [-0.2, -0.15) is 0 Å². The summed E-state index contributed by atoms with van der Waals surface area (Å²) in [5.41, 5.74) is 2.41. The zero-order valence-corrected chi connectivity index (χ0v) is 14.7. The SMILES string of the molecule is Cc1cc2c(nc1C)oc1c(=O)n(CC(=O)NCC3CCCO3)cnc12. The molecule has 4 heterocycles. The number of rotatable bonds is 4. The third kappa shape index (κ3) is 2.96. The van der Waals surface area contributed by atoms with Gasteiger partial charge in [0.1, 0.15) is 12.1 Å². The minimum atomic E-state index is -0.393. The van der Waals surface area contributed by atoms with E-state index in [1.165, 1.54) is 10.9 Å². The fourth-order valence-corrected chi connectivity index (χ4v) is 3.14. The van der Waals surface area contributed by atoms with E-state index in [9.17, 15) is 9.59 Å². The molecule has 1 amide bonds. The van der Waals surface area contributed by atoms with E-state index < -0.39 is 5.56 Å². The number of hydrogen-bond donors (Lipinski definition) is 1. The van der Waals surface area contributed by atoms with Gasteiger partial charge in [-0.15, -0.1) is 0 Å². The van der Waals surface area contributed by atoms with Crippen LogP contribution in [0.15, 0.2) is 21.6 Å². The summed E-state index contributed by atoms with van der Waals surface area (Å²) in [7, 11) is 0. The molecule has 0 aliphatic carbocycles. The van der Waals surface area contributed by atoms with E-state index in [1.807, 2.05) is 19.9 Å². The molecule has 8 heteroatoms. The lowest BCUT2D eigenvalue weighted by Crippen LogP contribution is -2.36. The molecule has 1 unspecified atom stereocenters. The average molecular weight is 356 g/mol. The van der Waals surface area contributed by atoms with Crippen molar-refractivity contribution in [3.8, 4) is 0 Å². The van der Waals surface area contributed by atoms with E-state index in [1.54, 1.807) is 0 Å². The van der Waals surface area contributed by atoms with Crippen LogP contribution in [-0.4, -0.2) is 39.7 Å². The first-order chi connectivity index (χ1) is 12.5. The molecule has 1 atom stereocenters. The number of aromatic nitrogens is 3. The fraction of sp³-hybridized carbons (Fsp3) is 0.444. The molecular weight excluding hydrogens is 336 g/mol. The number of nitrogens with one attached hydrogen (secondary N) is 1. The molecule has 0 radical (unpaired) electrons. The van der Waals surface area contributed by atoms with Crippen molar-refractivity contribution in [3.63, 3.8) is 0 Å². The minimum Gasteiger partial charge on any atom is -0.430 e. The second kappa shape index (κ2) is 6.53. The van der Waals surface area contributed by atoms with Crippen molar-refractivity contribution >= 4 is 28.1 Å². The second-order valence-corrected chi connectivity index (χ2v) is 6.64. The molecule has 3 aromatic heterocycles. The van der Waals surface area contributed by atoms with Crippen molar-refractivity contribution in [2.24, 2.45) is 0 Å². The van der Waals surface area contributed by atoms with Crippen LogP contribution in [0.4, 0.5) is 0 Å². The first kappa shape index (κ1) is 16.7. The number of pyridine rings is 1. The zero-order chi connectivity index (χ0) is 18.3. The number of carbonyl (C=O) groups is 1. The van der Waals surface area contributed by atoms with Crippen LogP contribution >= 0.6 is 0 Å². The summed E-state index contributed by atoms with van der Waals surface area (Å²) in [6.45, 7) is 4.90. The third-order valence-corrected chi connectivity index (χ3v) is 4.75. The highest BCUT2D eigenvalue weighted by atomic mass is 16.5. The Morgan fingerprint density at radius 2 is 2.27 bits per heavy atom. The maximum Gasteiger partial charge on any atom is 0.297 e. The number of furan rings is 1. The standard InChI is InChI=1S/C18H20N4O4/c1-10-6-13-15-16(26-17(13)21-11(10)2)18(24)22(9-20-15)8-14(23)19-7-12-4-3-5-25-12/h6,9,12H,3-5,7-8H2,1-2H3,(H,19,23). The van der Waals surface area contributed by atoms with Crippen molar-refractivity contribution < 1.29 is 13.9 Å². The molecule has 1 fully saturated rings. The molecule has 1 aliphatic heterocycles. The maximum absolute atomic E-state index is 12.7. The van der Waals surface area contributed by atoms with Gasteiger partial charge in [0, 0.05) is 18.8 Å². The van der Waals surface area contributed by atoms with Gasteiger partial charge in [-0.1, -0.05) is 0 Å². The highest BCUT2D eigenvalue weighted by Crippen LogP contribution is 2.25. The third-order valence-electron chi connectivity index (χ3n) is 4.75. The zero-order valence-electron chi connectivity index (χ0n) is 14.7. The highest BCUT2D eigenvalue weighted by Gasteiger charge is 2.18. The van der Waals surface area contributed by atoms with Crippen molar-refractivity contribution in [1.29, 1.82) is 0 Å². The van der Waals surface area contributed by atoms with Crippen molar-refractivity contribution in [3.05, 3.63) is 34.0 Å². The Labute approximate surface area is 149 Å². The van der Waals surface area contributed by atoms with Gasteiger partial charge in [-0.25, -0.2) is 9.97 Å². The molecule has 0 bridgehead atoms. The fourth-order valence-electron chi connectivity index (χ4n) is 3.14. The van der Waals surface area contributed by atoms with Crippen LogP contribution in [0.2, 0.25) is 0 Å². The molecule has 26 heavy (non-hydrogen) atoms. The van der Waals surface area contributed by atoms with Crippen LogP contribution < -0.4 is 10.9 Å². The largest absolute Gasteiger partial charge is 0.430 e. The molecule has 8 nitrogen and oxygen atoms in total. The lowest BCUT2D eigenvalue weighted by Gasteiger charge is -2.11. The summed E-state index contributed by atoms with van der Waals surface area (Å²) in [5, 5.41) is 3.50. The molecule has 3 aromatic rings. The number of hydrogen-bond acceptors (Lipinski definition) is 6. The number of amides is 1. The van der Waals surface area contributed by atoms with E-state index in [4.69, 9.17) is 9.15 Å². The van der Waals surface area contributed by atoms with Crippen LogP contribution in [0.3, 0.4) is 0 Å². The van der Waals surface area contributed by atoms with Crippen LogP contribution in [0.5, 0.6) is 0 Å². The number of nitrogens with zero attached hydrogens (tertiary/aromatic N) is 3. The normalized spacial score (nSPS) is 17.2. The first-order valence-electron chi connectivity index (χ1n) is 8.67. The quantitative estimate of drug-likeness (QED) is 0.760. The molecule has 0 saturated carbocycles. The lowest BCUT2D eigenvalue weighted by molar-refractivity contribution is -0.122. The summed E-state index contributed by atoms with van der Waals surface area (Å²) in [6, 6.07) is 1.91. The van der Waals surface area contributed by atoms with Crippen molar-refractivity contribution in [1.82, 2.24) is 19.9 Å². The summed E-state index contributed by atoms with van der Waals surface area (Å²) in [4.78, 5) is 33.5. The first-order valence-corrected chi connectivity index (χ1v) is 8.67. The van der Waals surface area contributed by atoms with Gasteiger partial charge in [0.05, 0.1) is 17.8 Å². The predicted molar refractivity (Wildman–Crippen MR) is 95.0 cm³/mol. The molecule has 0 spiro atoms. The van der Waals surface area contributed by atoms with Crippen molar-refractivity contribution in [2.45, 2.75) is 39.3 Å². The molecule has 0 aromatic carbocycles. The molecular formula is C18H20N4O4. The number of aryl methyl sites for hydroxylation is 2. The van der Waals surface area contributed by atoms with E-state index in [0.717, 1.165) is 30.7 Å². The van der Waals surface area contributed by atoms with Gasteiger partial charge < -0.3 is 14.5 Å². The Morgan fingerprint density at radius 1 is 1.42 bits per heavy atom. The predicted octanol–water partition coefficient (Wildman–Crippen LogP) is 1.45. The average Bonchev–Trinajstić information content (AvgIpc) is 3.24. The van der Waals surface area contributed by atoms with E-state index >= 15 is 0 Å². The Morgan fingerprint density at radius 3 is 3.04 bits per heavy atom. The minimum absolute atomic E-state index is 0.0594. The molecule has 1 aliphatic rings. The Kier molecular flexibility index (Phi) is 4.20. The Bertz CT molecular complexity index is 1050. The van der Waals surface area contributed by atoms with Crippen LogP contribution in [-0.2, 0) is 16.1 Å². The van der Waals surface area contributed by atoms with E-state index in [2.05, 4.69) is 15.3 Å². The summed E-state index contributed by atoms with van der Waals surface area (Å²) in [6.07, 6.45) is 3.39. The number of fused-ring (bicyclic) bond motifs is 3. The smallest absolute Gasteiger partial charge is 0.297 e. The van der Waals surface area contributed by atoms with Gasteiger partial charge in [0.25, 0.3) is 5.56 Å². The number of carbonyl (C=O) groups excluding carboxylic acids is 1. The molecule has 136 valence electrons. The molecule has 1 N–H and O–H groups in total. The number of ether oxygens (including phenoxy) is 1. The van der Waals surface area contributed by atoms with Gasteiger partial charge in [0.2, 0.25) is 17.2 Å². The van der Waals surface area contributed by atoms with E-state index in [-0.39, 0.29) is 24.1 Å². The topological polar surface area (TPSA) is 99.2 Å². The van der Waals surface area contributed by atoms with Crippen LogP contribution in [0.1, 0.15) is 24.1 Å². The second-order valence-electron chi connectivity index (χ2n) is 6.64. The highest BCUT2D eigenvalue weighted by molar-refractivity contribution is 6.00. The van der Waals surface area contributed by atoms with E-state index in [0.29, 0.717) is 23.2 Å². The Balaban J connectivity index is 1.60. The lowest BCUT2D eigenvalue weighted by atomic mass is 10.2. The van der Waals surface area contributed by atoms with Crippen LogP contribution in [0, 0.1) is 13.8 Å². The summed E-state index contributed by atoms with van der Waals surface area (Å²) in [5.74, 6) is -0.260. The summed E-state index contributed by atoms with van der Waals surface area (Å²) < 4.78 is 12.3. The maximum atomic E-state index is 12.7. The Hall–Kier alpha value is -2.74. The van der Waals surface area contributed by atoms with Gasteiger partial charge >= 0.3 is 0 Å². The molecule has 4 rings (SSSR count). The van der Waals surface area contributed by atoms with Gasteiger partial charge in [-0.3, -0.25) is 14.2 Å². The van der Waals surface area contributed by atoms with Crippen LogP contribution in [0.25, 0.3) is 22.2 Å². The van der Waals surface area contributed by atoms with Crippen molar-refractivity contribution in [2.75, 3.05) is 13.2 Å². The van der Waals surface area contributed by atoms with Gasteiger partial charge in [-0.05, 0) is 38.3 Å². The summed E-state index contributed by atoms with van der Waals surface area (Å²) >= 11 is 0. The monoisotopic (exact) mass is 356 g/mol. The molecule has 1 saturated heterocycles.